The van der Waals surface area contributed by atoms with Crippen LogP contribution in [0.25, 0.3) is 5.69 Å². The lowest BCUT2D eigenvalue weighted by Crippen LogP contribution is -2.56. The summed E-state index contributed by atoms with van der Waals surface area (Å²) in [6.07, 6.45) is -1.00. The molecule has 9 heteroatoms. The van der Waals surface area contributed by atoms with Crippen LogP contribution in [0.1, 0.15) is 17.6 Å². The van der Waals surface area contributed by atoms with Gasteiger partial charge in [-0.1, -0.05) is 12.1 Å². The molecule has 3 heterocycles. The van der Waals surface area contributed by atoms with Gasteiger partial charge in [0.25, 0.3) is 6.43 Å². The van der Waals surface area contributed by atoms with Crippen LogP contribution in [-0.2, 0) is 4.74 Å². The van der Waals surface area contributed by atoms with E-state index in [1.165, 1.54) is 28.8 Å². The van der Waals surface area contributed by atoms with Gasteiger partial charge in [0.2, 0.25) is 5.95 Å². The third-order valence-electron chi connectivity index (χ3n) is 6.01. The first-order valence-electron chi connectivity index (χ1n) is 10.8. The zero-order chi connectivity index (χ0) is 22.1. The van der Waals surface area contributed by atoms with Crippen molar-refractivity contribution in [3.63, 3.8) is 0 Å². The first-order valence-corrected chi connectivity index (χ1v) is 10.8. The Morgan fingerprint density at radius 2 is 1.84 bits per heavy atom. The van der Waals surface area contributed by atoms with E-state index in [1.54, 1.807) is 12.1 Å². The van der Waals surface area contributed by atoms with E-state index in [2.05, 4.69) is 44.3 Å². The first kappa shape index (κ1) is 20.8. The molecule has 2 aromatic carbocycles. The predicted molar refractivity (Wildman–Crippen MR) is 119 cm³/mol. The number of piperazine rings is 1. The molecule has 7 nitrogen and oxygen atoms in total. The van der Waals surface area contributed by atoms with Crippen molar-refractivity contribution in [2.24, 2.45) is 0 Å². The van der Waals surface area contributed by atoms with Crippen molar-refractivity contribution in [2.45, 2.75) is 19.4 Å². The van der Waals surface area contributed by atoms with Crippen molar-refractivity contribution in [1.82, 2.24) is 19.7 Å². The summed E-state index contributed by atoms with van der Waals surface area (Å²) >= 11 is 0. The highest BCUT2D eigenvalue weighted by Gasteiger charge is 2.29. The Labute approximate surface area is 185 Å². The fourth-order valence-corrected chi connectivity index (χ4v) is 4.17. The molecule has 0 spiro atoms. The molecule has 0 aliphatic carbocycles. The number of nitrogens with one attached hydrogen (secondary N) is 1. The van der Waals surface area contributed by atoms with Gasteiger partial charge in [0.05, 0.1) is 24.9 Å². The SMILES string of the molecule is Cc1cc(Nc2ncn(-c3cccc(C(F)F)c3)n2)cc(N2CCN(C3COC3)CC2)c1. The quantitative estimate of drug-likeness (QED) is 0.630. The van der Waals surface area contributed by atoms with Crippen LogP contribution in [0.5, 0.6) is 0 Å². The molecule has 0 amide bonds. The standard InChI is InChI=1S/C23H26F2N6O/c1-16-9-18(12-20(10-16)29-5-7-30(8-6-29)21-13-32-14-21)27-23-26-15-31(28-23)19-4-2-3-17(11-19)22(24)25/h2-4,9-12,15,21-22H,5-8,13-14H2,1H3,(H,27,28). The van der Waals surface area contributed by atoms with Crippen LogP contribution in [0, 0.1) is 6.92 Å². The van der Waals surface area contributed by atoms with Gasteiger partial charge >= 0.3 is 0 Å². The summed E-state index contributed by atoms with van der Waals surface area (Å²) in [5.74, 6) is 0.416. The molecule has 0 radical (unpaired) electrons. The maximum Gasteiger partial charge on any atom is 0.263 e. The zero-order valence-corrected chi connectivity index (χ0v) is 17.9. The Hall–Kier alpha value is -3.04. The normalized spacial score (nSPS) is 17.6. The van der Waals surface area contributed by atoms with Gasteiger partial charge in [-0.2, -0.15) is 4.98 Å². The first-order chi connectivity index (χ1) is 15.5. The van der Waals surface area contributed by atoms with Gasteiger partial charge < -0.3 is 15.0 Å². The van der Waals surface area contributed by atoms with Crippen molar-refractivity contribution in [1.29, 1.82) is 0 Å². The van der Waals surface area contributed by atoms with Crippen LogP contribution in [0.15, 0.2) is 48.8 Å². The zero-order valence-electron chi connectivity index (χ0n) is 17.9. The van der Waals surface area contributed by atoms with Crippen molar-refractivity contribution in [3.05, 3.63) is 59.9 Å². The molecule has 2 saturated heterocycles. The van der Waals surface area contributed by atoms with Crippen molar-refractivity contribution in [3.8, 4) is 5.69 Å². The summed E-state index contributed by atoms with van der Waals surface area (Å²) in [4.78, 5) is 9.21. The van der Waals surface area contributed by atoms with E-state index < -0.39 is 6.43 Å². The van der Waals surface area contributed by atoms with E-state index in [-0.39, 0.29) is 5.56 Å². The van der Waals surface area contributed by atoms with E-state index in [0.717, 1.165) is 50.6 Å². The molecule has 1 aromatic heterocycles. The summed E-state index contributed by atoms with van der Waals surface area (Å²) in [5.41, 5.74) is 3.71. The average Bonchev–Trinajstić information content (AvgIpc) is 3.21. The number of ether oxygens (including phenoxy) is 1. The second-order valence-electron chi connectivity index (χ2n) is 8.30. The molecule has 3 aromatic rings. The van der Waals surface area contributed by atoms with Gasteiger partial charge in [-0.15, -0.1) is 5.10 Å². The lowest BCUT2D eigenvalue weighted by molar-refractivity contribution is -0.0660. The molecule has 0 saturated carbocycles. The van der Waals surface area contributed by atoms with Crippen LogP contribution in [-0.4, -0.2) is 65.1 Å². The Kier molecular flexibility index (Phi) is 5.75. The fraction of sp³-hybridized carbons (Fsp3) is 0.391. The average molecular weight is 440 g/mol. The van der Waals surface area contributed by atoms with Crippen LogP contribution >= 0.6 is 0 Å². The van der Waals surface area contributed by atoms with E-state index in [0.29, 0.717) is 17.7 Å². The number of halogens is 2. The number of anilines is 3. The van der Waals surface area contributed by atoms with Crippen molar-refractivity contribution >= 4 is 17.3 Å². The molecular weight excluding hydrogens is 414 g/mol. The third-order valence-corrected chi connectivity index (χ3v) is 6.01. The highest BCUT2D eigenvalue weighted by Crippen LogP contribution is 2.26. The Morgan fingerprint density at radius 3 is 2.56 bits per heavy atom. The molecule has 5 rings (SSSR count). The number of nitrogens with zero attached hydrogens (tertiary/aromatic N) is 5. The minimum absolute atomic E-state index is 0.0410. The molecule has 2 fully saturated rings. The van der Waals surface area contributed by atoms with Crippen LogP contribution < -0.4 is 10.2 Å². The summed E-state index contributed by atoms with van der Waals surface area (Å²) in [6.45, 7) is 7.80. The number of aromatic nitrogens is 3. The molecule has 0 atom stereocenters. The van der Waals surface area contributed by atoms with Gasteiger partial charge in [-0.05, 0) is 42.8 Å². The van der Waals surface area contributed by atoms with Gasteiger partial charge in [0.15, 0.2) is 0 Å². The van der Waals surface area contributed by atoms with Gasteiger partial charge in [0.1, 0.15) is 6.33 Å². The number of hydrogen-bond donors (Lipinski definition) is 1. The monoisotopic (exact) mass is 440 g/mol. The van der Waals surface area contributed by atoms with Gasteiger partial charge in [0, 0.05) is 43.1 Å². The second-order valence-corrected chi connectivity index (χ2v) is 8.30. The largest absolute Gasteiger partial charge is 0.378 e. The molecular formula is C23H26F2N6O. The number of benzene rings is 2. The highest BCUT2D eigenvalue weighted by atomic mass is 19.3. The molecule has 1 N–H and O–H groups in total. The number of rotatable bonds is 6. The number of alkyl halides is 2. The van der Waals surface area contributed by atoms with Crippen LogP contribution in [0.4, 0.5) is 26.1 Å². The van der Waals surface area contributed by atoms with E-state index in [1.807, 2.05) is 6.07 Å². The number of hydrogen-bond acceptors (Lipinski definition) is 6. The Bertz CT molecular complexity index is 1080. The van der Waals surface area contributed by atoms with E-state index >= 15 is 0 Å². The molecule has 0 unspecified atom stereocenters. The summed E-state index contributed by atoms with van der Waals surface area (Å²) in [6, 6.07) is 13.1. The maximum absolute atomic E-state index is 13.0. The molecule has 32 heavy (non-hydrogen) atoms. The predicted octanol–water partition coefficient (Wildman–Crippen LogP) is 3.78. The topological polar surface area (TPSA) is 58.5 Å². The summed E-state index contributed by atoms with van der Waals surface area (Å²) in [7, 11) is 0. The van der Waals surface area contributed by atoms with Gasteiger partial charge in [-0.25, -0.2) is 13.5 Å². The summed E-state index contributed by atoms with van der Waals surface area (Å²) in [5, 5.41) is 7.66. The molecule has 2 aliphatic heterocycles. The van der Waals surface area contributed by atoms with E-state index in [9.17, 15) is 8.78 Å². The molecule has 2 aliphatic rings. The minimum atomic E-state index is -2.52. The Morgan fingerprint density at radius 1 is 1.03 bits per heavy atom. The van der Waals surface area contributed by atoms with Gasteiger partial charge in [-0.3, -0.25) is 4.90 Å². The minimum Gasteiger partial charge on any atom is -0.378 e. The van der Waals surface area contributed by atoms with Crippen molar-refractivity contribution < 1.29 is 13.5 Å². The highest BCUT2D eigenvalue weighted by molar-refractivity contribution is 5.64. The lowest BCUT2D eigenvalue weighted by Gasteiger charge is -2.43. The van der Waals surface area contributed by atoms with E-state index in [4.69, 9.17) is 4.74 Å². The Balaban J connectivity index is 1.28. The maximum atomic E-state index is 13.0. The second kappa shape index (κ2) is 8.84. The fourth-order valence-electron chi connectivity index (χ4n) is 4.17. The molecule has 168 valence electrons. The van der Waals surface area contributed by atoms with Crippen molar-refractivity contribution in [2.75, 3.05) is 49.6 Å². The summed E-state index contributed by atoms with van der Waals surface area (Å²) < 4.78 is 32.8. The molecule has 0 bridgehead atoms. The van der Waals surface area contributed by atoms with Crippen LogP contribution in [0.3, 0.4) is 0 Å². The lowest BCUT2D eigenvalue weighted by atomic mass is 10.1. The van der Waals surface area contributed by atoms with Crippen LogP contribution in [0.2, 0.25) is 0 Å². The number of aryl methyl sites for hydroxylation is 1. The smallest absolute Gasteiger partial charge is 0.263 e. The third kappa shape index (κ3) is 4.44.